The molecule has 0 saturated carbocycles. The maximum Gasteiger partial charge on any atom is 0.0547 e. The van der Waals surface area contributed by atoms with Crippen molar-refractivity contribution < 1.29 is 4.74 Å². The standard InChI is InChI=1S/C17H29N3O/c1-3-9-18-11-16-7-4-8-17(19-16)13-20-10-5-6-15(12-20)14-21-2/h4,7-8,15,18H,3,5-6,9-14H2,1-2H3. The van der Waals surface area contributed by atoms with Crippen molar-refractivity contribution in [3.8, 4) is 0 Å². The fourth-order valence-corrected chi connectivity index (χ4v) is 3.00. The Hall–Kier alpha value is -0.970. The van der Waals surface area contributed by atoms with Crippen LogP contribution in [0.25, 0.3) is 0 Å². The van der Waals surface area contributed by atoms with Gasteiger partial charge in [-0.3, -0.25) is 9.88 Å². The summed E-state index contributed by atoms with van der Waals surface area (Å²) in [7, 11) is 1.80. The summed E-state index contributed by atoms with van der Waals surface area (Å²) in [5, 5.41) is 3.41. The van der Waals surface area contributed by atoms with Crippen molar-refractivity contribution in [3.63, 3.8) is 0 Å². The lowest BCUT2D eigenvalue weighted by Gasteiger charge is -2.32. The summed E-state index contributed by atoms with van der Waals surface area (Å²) in [6.45, 7) is 8.26. The number of piperidine rings is 1. The van der Waals surface area contributed by atoms with Crippen molar-refractivity contribution in [1.29, 1.82) is 0 Å². The number of likely N-dealkylation sites (tertiary alicyclic amines) is 1. The number of nitrogens with zero attached hydrogens (tertiary/aromatic N) is 2. The van der Waals surface area contributed by atoms with Gasteiger partial charge in [0.25, 0.3) is 0 Å². The van der Waals surface area contributed by atoms with Gasteiger partial charge >= 0.3 is 0 Å². The minimum absolute atomic E-state index is 0.679. The van der Waals surface area contributed by atoms with Crippen LogP contribution in [-0.4, -0.2) is 43.2 Å². The number of nitrogens with one attached hydrogen (secondary N) is 1. The van der Waals surface area contributed by atoms with Gasteiger partial charge in [0.2, 0.25) is 0 Å². The van der Waals surface area contributed by atoms with Crippen LogP contribution in [0.15, 0.2) is 18.2 Å². The summed E-state index contributed by atoms with van der Waals surface area (Å²) < 4.78 is 5.30. The van der Waals surface area contributed by atoms with Crippen molar-refractivity contribution in [3.05, 3.63) is 29.6 Å². The smallest absolute Gasteiger partial charge is 0.0547 e. The van der Waals surface area contributed by atoms with E-state index in [0.29, 0.717) is 5.92 Å². The predicted molar refractivity (Wildman–Crippen MR) is 86.1 cm³/mol. The first-order valence-corrected chi connectivity index (χ1v) is 8.18. The van der Waals surface area contributed by atoms with E-state index in [9.17, 15) is 0 Å². The molecule has 0 amide bonds. The second kappa shape index (κ2) is 9.13. The van der Waals surface area contributed by atoms with Gasteiger partial charge in [0.15, 0.2) is 0 Å². The number of hydrogen-bond donors (Lipinski definition) is 1. The van der Waals surface area contributed by atoms with Crippen LogP contribution in [0.2, 0.25) is 0 Å². The first-order chi connectivity index (χ1) is 10.3. The third-order valence-electron chi connectivity index (χ3n) is 3.99. The van der Waals surface area contributed by atoms with Crippen LogP contribution in [0, 0.1) is 5.92 Å². The quantitative estimate of drug-likeness (QED) is 0.747. The molecule has 1 saturated heterocycles. The molecule has 1 aromatic rings. The molecule has 21 heavy (non-hydrogen) atoms. The van der Waals surface area contributed by atoms with Crippen LogP contribution in [-0.2, 0) is 17.8 Å². The van der Waals surface area contributed by atoms with E-state index in [0.717, 1.165) is 44.9 Å². The molecule has 118 valence electrons. The lowest BCUT2D eigenvalue weighted by Crippen LogP contribution is -2.36. The summed E-state index contributed by atoms with van der Waals surface area (Å²) in [6, 6.07) is 6.38. The minimum atomic E-state index is 0.679. The molecule has 4 nitrogen and oxygen atoms in total. The third-order valence-corrected chi connectivity index (χ3v) is 3.99. The first-order valence-electron chi connectivity index (χ1n) is 8.18. The Morgan fingerprint density at radius 3 is 3.05 bits per heavy atom. The molecule has 2 rings (SSSR count). The molecular formula is C17H29N3O. The van der Waals surface area contributed by atoms with Gasteiger partial charge in [-0.1, -0.05) is 13.0 Å². The normalized spacial score (nSPS) is 19.8. The molecular weight excluding hydrogens is 262 g/mol. The Kier molecular flexibility index (Phi) is 7.13. The Morgan fingerprint density at radius 1 is 1.38 bits per heavy atom. The second-order valence-corrected chi connectivity index (χ2v) is 6.00. The zero-order valence-electron chi connectivity index (χ0n) is 13.5. The van der Waals surface area contributed by atoms with Crippen LogP contribution in [0.5, 0.6) is 0 Å². The topological polar surface area (TPSA) is 37.4 Å². The molecule has 0 radical (unpaired) electrons. The summed E-state index contributed by atoms with van der Waals surface area (Å²) in [5.41, 5.74) is 2.33. The molecule has 4 heteroatoms. The Balaban J connectivity index is 1.85. The number of pyridine rings is 1. The Labute approximate surface area is 128 Å². The lowest BCUT2D eigenvalue weighted by molar-refractivity contribution is 0.0868. The van der Waals surface area contributed by atoms with E-state index in [-0.39, 0.29) is 0 Å². The number of ether oxygens (including phenoxy) is 1. The van der Waals surface area contributed by atoms with Crippen LogP contribution in [0.3, 0.4) is 0 Å². The average molecular weight is 291 g/mol. The van der Waals surface area contributed by atoms with Gasteiger partial charge in [0.1, 0.15) is 0 Å². The van der Waals surface area contributed by atoms with Crippen molar-refractivity contribution in [1.82, 2.24) is 15.2 Å². The number of hydrogen-bond acceptors (Lipinski definition) is 4. The van der Waals surface area contributed by atoms with Crippen LogP contribution < -0.4 is 5.32 Å². The van der Waals surface area contributed by atoms with E-state index in [1.54, 1.807) is 7.11 Å². The maximum absolute atomic E-state index is 5.30. The van der Waals surface area contributed by atoms with E-state index in [1.807, 2.05) is 0 Å². The SMILES string of the molecule is CCCNCc1cccc(CN2CCCC(COC)C2)n1. The maximum atomic E-state index is 5.30. The van der Waals surface area contributed by atoms with E-state index >= 15 is 0 Å². The van der Waals surface area contributed by atoms with Crippen LogP contribution >= 0.6 is 0 Å². The zero-order valence-corrected chi connectivity index (χ0v) is 13.5. The molecule has 0 aromatic carbocycles. The summed E-state index contributed by atoms with van der Waals surface area (Å²) in [5.74, 6) is 0.679. The molecule has 1 aliphatic rings. The van der Waals surface area contributed by atoms with Crippen molar-refractivity contribution in [2.24, 2.45) is 5.92 Å². The van der Waals surface area contributed by atoms with E-state index < -0.39 is 0 Å². The highest BCUT2D eigenvalue weighted by molar-refractivity contribution is 5.11. The molecule has 1 aromatic heterocycles. The van der Waals surface area contributed by atoms with Crippen LogP contribution in [0.4, 0.5) is 0 Å². The van der Waals surface area contributed by atoms with Gasteiger partial charge in [-0.25, -0.2) is 0 Å². The van der Waals surface area contributed by atoms with Crippen LogP contribution in [0.1, 0.15) is 37.6 Å². The summed E-state index contributed by atoms with van der Waals surface area (Å²) in [6.07, 6.45) is 3.72. The average Bonchev–Trinajstić information content (AvgIpc) is 2.49. The zero-order chi connectivity index (χ0) is 14.9. The molecule has 1 N–H and O–H groups in total. The molecule has 0 bridgehead atoms. The first kappa shape index (κ1) is 16.4. The molecule has 2 heterocycles. The van der Waals surface area contributed by atoms with Gasteiger partial charge < -0.3 is 10.1 Å². The fourth-order valence-electron chi connectivity index (χ4n) is 3.00. The molecule has 1 unspecified atom stereocenters. The van der Waals surface area contributed by atoms with Crippen molar-refractivity contribution in [2.75, 3.05) is 33.4 Å². The largest absolute Gasteiger partial charge is 0.384 e. The monoisotopic (exact) mass is 291 g/mol. The van der Waals surface area contributed by atoms with Gasteiger partial charge in [-0.2, -0.15) is 0 Å². The number of aromatic nitrogens is 1. The highest BCUT2D eigenvalue weighted by Crippen LogP contribution is 2.18. The summed E-state index contributed by atoms with van der Waals surface area (Å²) in [4.78, 5) is 7.29. The van der Waals surface area contributed by atoms with E-state index in [1.165, 1.54) is 25.1 Å². The molecule has 0 spiro atoms. The Morgan fingerprint density at radius 2 is 2.24 bits per heavy atom. The molecule has 0 aliphatic carbocycles. The van der Waals surface area contributed by atoms with Crippen molar-refractivity contribution in [2.45, 2.75) is 39.3 Å². The number of methoxy groups -OCH3 is 1. The van der Waals surface area contributed by atoms with Gasteiger partial charge in [-0.15, -0.1) is 0 Å². The van der Waals surface area contributed by atoms with E-state index in [4.69, 9.17) is 9.72 Å². The molecule has 1 fully saturated rings. The highest BCUT2D eigenvalue weighted by atomic mass is 16.5. The van der Waals surface area contributed by atoms with Gasteiger partial charge in [0.05, 0.1) is 18.0 Å². The highest BCUT2D eigenvalue weighted by Gasteiger charge is 2.20. The molecule has 1 aliphatic heterocycles. The number of rotatable bonds is 8. The van der Waals surface area contributed by atoms with Gasteiger partial charge in [0, 0.05) is 26.7 Å². The third kappa shape index (κ3) is 5.73. The molecule has 1 atom stereocenters. The minimum Gasteiger partial charge on any atom is -0.384 e. The summed E-state index contributed by atoms with van der Waals surface area (Å²) >= 11 is 0. The Bertz CT molecular complexity index is 409. The van der Waals surface area contributed by atoms with Crippen molar-refractivity contribution >= 4 is 0 Å². The second-order valence-electron chi connectivity index (χ2n) is 6.00. The lowest BCUT2D eigenvalue weighted by atomic mass is 9.99. The predicted octanol–water partition coefficient (Wildman–Crippen LogP) is 2.44. The fraction of sp³-hybridized carbons (Fsp3) is 0.706. The van der Waals surface area contributed by atoms with E-state index in [2.05, 4.69) is 35.3 Å². The van der Waals surface area contributed by atoms with Gasteiger partial charge in [-0.05, 0) is 50.4 Å².